The molecule has 1 unspecified atom stereocenters. The van der Waals surface area contributed by atoms with E-state index in [4.69, 9.17) is 9.15 Å². The van der Waals surface area contributed by atoms with Crippen LogP contribution in [0.1, 0.15) is 38.5 Å². The van der Waals surface area contributed by atoms with Crippen LogP contribution in [0, 0.1) is 0 Å². The molecule has 0 bridgehead atoms. The van der Waals surface area contributed by atoms with Crippen molar-refractivity contribution in [3.63, 3.8) is 0 Å². The zero-order chi connectivity index (χ0) is 14.1. The van der Waals surface area contributed by atoms with Gasteiger partial charge in [-0.2, -0.15) is 0 Å². The number of furan rings is 1. The maximum atomic E-state index is 5.64. The third-order valence-electron chi connectivity index (χ3n) is 3.55. The van der Waals surface area contributed by atoms with Gasteiger partial charge in [-0.3, -0.25) is 4.90 Å². The van der Waals surface area contributed by atoms with Crippen molar-refractivity contribution in [1.29, 1.82) is 0 Å². The van der Waals surface area contributed by atoms with Gasteiger partial charge in [0.1, 0.15) is 5.76 Å². The SMILES string of the molecule is CCNCc1ccoc1CN(CCOC)C(C)CC. The van der Waals surface area contributed by atoms with Crippen molar-refractivity contribution in [2.24, 2.45) is 0 Å². The molecular formula is C15H28N2O2. The highest BCUT2D eigenvalue weighted by molar-refractivity contribution is 5.16. The summed E-state index contributed by atoms with van der Waals surface area (Å²) in [5.41, 5.74) is 1.26. The van der Waals surface area contributed by atoms with Crippen LogP contribution in [-0.4, -0.2) is 37.7 Å². The second kappa shape index (κ2) is 9.13. The maximum absolute atomic E-state index is 5.64. The third kappa shape index (κ3) is 5.35. The number of hydrogen-bond donors (Lipinski definition) is 1. The Bertz CT molecular complexity index is 339. The van der Waals surface area contributed by atoms with Crippen LogP contribution in [0.15, 0.2) is 16.7 Å². The molecule has 1 aromatic heterocycles. The Kier molecular flexibility index (Phi) is 7.79. The lowest BCUT2D eigenvalue weighted by Crippen LogP contribution is -2.35. The fourth-order valence-electron chi connectivity index (χ4n) is 2.03. The number of methoxy groups -OCH3 is 1. The number of ether oxygens (including phenoxy) is 1. The second-order valence-electron chi connectivity index (χ2n) is 4.87. The maximum Gasteiger partial charge on any atom is 0.122 e. The molecule has 0 aliphatic carbocycles. The van der Waals surface area contributed by atoms with E-state index in [1.165, 1.54) is 5.56 Å². The Morgan fingerprint density at radius 3 is 2.84 bits per heavy atom. The van der Waals surface area contributed by atoms with Crippen molar-refractivity contribution >= 4 is 0 Å². The first kappa shape index (κ1) is 16.2. The molecule has 4 heteroatoms. The molecule has 1 aromatic rings. The van der Waals surface area contributed by atoms with Crippen molar-refractivity contribution in [3.05, 3.63) is 23.7 Å². The van der Waals surface area contributed by atoms with E-state index in [9.17, 15) is 0 Å². The number of nitrogens with one attached hydrogen (secondary N) is 1. The molecule has 0 aliphatic heterocycles. The van der Waals surface area contributed by atoms with Gasteiger partial charge in [0.15, 0.2) is 0 Å². The molecule has 1 N–H and O–H groups in total. The van der Waals surface area contributed by atoms with Crippen LogP contribution in [0.25, 0.3) is 0 Å². The average molecular weight is 268 g/mol. The Hall–Kier alpha value is -0.840. The lowest BCUT2D eigenvalue weighted by molar-refractivity contribution is 0.112. The third-order valence-corrected chi connectivity index (χ3v) is 3.55. The van der Waals surface area contributed by atoms with Gasteiger partial charge < -0.3 is 14.5 Å². The van der Waals surface area contributed by atoms with Gasteiger partial charge in [0, 0.05) is 31.8 Å². The zero-order valence-corrected chi connectivity index (χ0v) is 12.7. The molecule has 0 spiro atoms. The van der Waals surface area contributed by atoms with E-state index in [1.54, 1.807) is 13.4 Å². The predicted molar refractivity (Wildman–Crippen MR) is 78.1 cm³/mol. The Labute approximate surface area is 117 Å². The minimum absolute atomic E-state index is 0.534. The fourth-order valence-corrected chi connectivity index (χ4v) is 2.03. The van der Waals surface area contributed by atoms with E-state index in [0.717, 1.165) is 45.0 Å². The number of hydrogen-bond acceptors (Lipinski definition) is 4. The summed E-state index contributed by atoms with van der Waals surface area (Å²) in [6, 6.07) is 2.59. The molecule has 0 saturated carbocycles. The van der Waals surface area contributed by atoms with Crippen LogP contribution in [0.2, 0.25) is 0 Å². The van der Waals surface area contributed by atoms with Gasteiger partial charge in [-0.1, -0.05) is 13.8 Å². The molecule has 19 heavy (non-hydrogen) atoms. The Morgan fingerprint density at radius 1 is 1.42 bits per heavy atom. The quantitative estimate of drug-likeness (QED) is 0.708. The van der Waals surface area contributed by atoms with Gasteiger partial charge >= 0.3 is 0 Å². The van der Waals surface area contributed by atoms with Crippen molar-refractivity contribution in [2.75, 3.05) is 26.8 Å². The minimum atomic E-state index is 0.534. The highest BCUT2D eigenvalue weighted by Crippen LogP contribution is 2.16. The van der Waals surface area contributed by atoms with E-state index in [-0.39, 0.29) is 0 Å². The lowest BCUT2D eigenvalue weighted by Gasteiger charge is -2.27. The van der Waals surface area contributed by atoms with Crippen molar-refractivity contribution in [3.8, 4) is 0 Å². The molecule has 0 aromatic carbocycles. The smallest absolute Gasteiger partial charge is 0.122 e. The molecule has 0 aliphatic rings. The molecule has 110 valence electrons. The zero-order valence-electron chi connectivity index (χ0n) is 12.7. The number of nitrogens with zero attached hydrogens (tertiary/aromatic N) is 1. The van der Waals surface area contributed by atoms with E-state index < -0.39 is 0 Å². The summed E-state index contributed by atoms with van der Waals surface area (Å²) in [4.78, 5) is 2.41. The van der Waals surface area contributed by atoms with Crippen LogP contribution in [0.4, 0.5) is 0 Å². The average Bonchev–Trinajstić information content (AvgIpc) is 2.87. The Balaban J connectivity index is 2.64. The molecule has 0 saturated heterocycles. The van der Waals surface area contributed by atoms with Gasteiger partial charge in [-0.05, 0) is 26.0 Å². The molecule has 0 radical (unpaired) electrons. The van der Waals surface area contributed by atoms with E-state index in [2.05, 4.69) is 37.1 Å². The molecule has 1 heterocycles. The van der Waals surface area contributed by atoms with Gasteiger partial charge in [-0.15, -0.1) is 0 Å². The van der Waals surface area contributed by atoms with Crippen LogP contribution in [0.3, 0.4) is 0 Å². The summed E-state index contributed by atoms with van der Waals surface area (Å²) in [5.74, 6) is 1.07. The van der Waals surface area contributed by atoms with Crippen LogP contribution in [0.5, 0.6) is 0 Å². The first-order valence-corrected chi connectivity index (χ1v) is 7.21. The van der Waals surface area contributed by atoms with Gasteiger partial charge in [0.2, 0.25) is 0 Å². The normalized spacial score (nSPS) is 13.1. The van der Waals surface area contributed by atoms with Crippen molar-refractivity contribution in [2.45, 2.75) is 46.3 Å². The fraction of sp³-hybridized carbons (Fsp3) is 0.733. The highest BCUT2D eigenvalue weighted by Gasteiger charge is 2.16. The van der Waals surface area contributed by atoms with Gasteiger partial charge in [0.05, 0.1) is 19.4 Å². The van der Waals surface area contributed by atoms with Crippen LogP contribution >= 0.6 is 0 Å². The molecule has 0 fully saturated rings. The topological polar surface area (TPSA) is 37.6 Å². The van der Waals surface area contributed by atoms with Gasteiger partial charge in [-0.25, -0.2) is 0 Å². The standard InChI is InChI=1S/C15H28N2O2/c1-5-13(3)17(8-10-18-4)12-15-14(7-9-19-15)11-16-6-2/h7,9,13,16H,5-6,8,10-12H2,1-4H3. The molecule has 4 nitrogen and oxygen atoms in total. The summed E-state index contributed by atoms with van der Waals surface area (Å²) >= 11 is 0. The minimum Gasteiger partial charge on any atom is -0.468 e. The highest BCUT2D eigenvalue weighted by atomic mass is 16.5. The first-order valence-electron chi connectivity index (χ1n) is 7.21. The van der Waals surface area contributed by atoms with E-state index in [1.807, 2.05) is 0 Å². The van der Waals surface area contributed by atoms with Crippen LogP contribution in [-0.2, 0) is 17.8 Å². The van der Waals surface area contributed by atoms with E-state index >= 15 is 0 Å². The monoisotopic (exact) mass is 268 g/mol. The molecule has 0 amide bonds. The first-order chi connectivity index (χ1) is 9.22. The van der Waals surface area contributed by atoms with Gasteiger partial charge in [0.25, 0.3) is 0 Å². The van der Waals surface area contributed by atoms with E-state index in [0.29, 0.717) is 6.04 Å². The number of rotatable bonds is 10. The second-order valence-corrected chi connectivity index (χ2v) is 4.87. The molecular weight excluding hydrogens is 240 g/mol. The largest absolute Gasteiger partial charge is 0.468 e. The molecule has 1 atom stereocenters. The van der Waals surface area contributed by atoms with Crippen molar-refractivity contribution < 1.29 is 9.15 Å². The summed E-state index contributed by atoms with van der Waals surface area (Å²) in [7, 11) is 1.75. The van der Waals surface area contributed by atoms with Crippen LogP contribution < -0.4 is 5.32 Å². The predicted octanol–water partition coefficient (Wildman–Crippen LogP) is 2.64. The Morgan fingerprint density at radius 2 is 2.21 bits per heavy atom. The summed E-state index contributed by atoms with van der Waals surface area (Å²) in [6.45, 7) is 11.0. The van der Waals surface area contributed by atoms with Crippen molar-refractivity contribution in [1.82, 2.24) is 10.2 Å². The molecule has 1 rings (SSSR count). The summed E-state index contributed by atoms with van der Waals surface area (Å²) in [6.07, 6.45) is 2.92. The lowest BCUT2D eigenvalue weighted by atomic mass is 10.2. The summed E-state index contributed by atoms with van der Waals surface area (Å²) < 4.78 is 10.8. The summed E-state index contributed by atoms with van der Waals surface area (Å²) in [5, 5.41) is 3.35.